The van der Waals surface area contributed by atoms with Crippen molar-refractivity contribution in [2.24, 2.45) is 11.3 Å². The van der Waals surface area contributed by atoms with E-state index in [1.54, 1.807) is 6.07 Å². The third-order valence-corrected chi connectivity index (χ3v) is 4.26. The zero-order chi connectivity index (χ0) is 15.5. The van der Waals surface area contributed by atoms with Gasteiger partial charge in [-0.25, -0.2) is 0 Å². The Morgan fingerprint density at radius 1 is 1.38 bits per heavy atom. The zero-order valence-electron chi connectivity index (χ0n) is 13.3. The number of amides is 1. The second-order valence-electron chi connectivity index (χ2n) is 6.83. The summed E-state index contributed by atoms with van der Waals surface area (Å²) >= 11 is 0. The van der Waals surface area contributed by atoms with Gasteiger partial charge in [0.1, 0.15) is 5.75 Å². The van der Waals surface area contributed by atoms with Crippen LogP contribution in [-0.4, -0.2) is 30.5 Å². The van der Waals surface area contributed by atoms with Crippen LogP contribution in [-0.2, 0) is 4.79 Å². The van der Waals surface area contributed by atoms with Crippen LogP contribution < -0.4 is 10.5 Å². The molecule has 1 atom stereocenters. The van der Waals surface area contributed by atoms with E-state index in [4.69, 9.17) is 10.5 Å². The molecule has 2 rings (SSSR count). The Morgan fingerprint density at radius 2 is 2.10 bits per heavy atom. The second kappa shape index (κ2) is 6.37. The second-order valence-corrected chi connectivity index (χ2v) is 6.83. The molecule has 2 N–H and O–H groups in total. The number of hydrogen-bond acceptors (Lipinski definition) is 3. The molecule has 0 saturated carbocycles. The number of ether oxygens (including phenoxy) is 1. The van der Waals surface area contributed by atoms with E-state index in [-0.39, 0.29) is 11.3 Å². The molecule has 4 nitrogen and oxygen atoms in total. The highest BCUT2D eigenvalue weighted by atomic mass is 16.5. The van der Waals surface area contributed by atoms with Crippen molar-refractivity contribution in [3.8, 4) is 5.75 Å². The van der Waals surface area contributed by atoms with Gasteiger partial charge in [0.25, 0.3) is 0 Å². The molecule has 0 aliphatic carbocycles. The summed E-state index contributed by atoms with van der Waals surface area (Å²) in [6.45, 7) is 8.85. The number of hydrogen-bond donors (Lipinski definition) is 1. The molecule has 4 heteroatoms. The monoisotopic (exact) mass is 290 g/mol. The third-order valence-electron chi connectivity index (χ3n) is 4.26. The lowest BCUT2D eigenvalue weighted by Crippen LogP contribution is -2.32. The van der Waals surface area contributed by atoms with Crippen LogP contribution in [0.1, 0.15) is 33.6 Å². The van der Waals surface area contributed by atoms with Crippen LogP contribution in [0.3, 0.4) is 0 Å². The lowest BCUT2D eigenvalue weighted by molar-refractivity contribution is -0.130. The van der Waals surface area contributed by atoms with E-state index in [0.717, 1.165) is 19.5 Å². The molecule has 1 aromatic rings. The topological polar surface area (TPSA) is 55.6 Å². The number of nitrogens with two attached hydrogens (primary N) is 1. The maximum Gasteiger partial charge on any atom is 0.226 e. The van der Waals surface area contributed by atoms with Crippen LogP contribution in [0.15, 0.2) is 24.3 Å². The number of carbonyl (C=O) groups excluding carboxylic acids is 1. The fourth-order valence-corrected chi connectivity index (χ4v) is 2.71. The molecule has 1 amide bonds. The molecule has 1 aliphatic rings. The van der Waals surface area contributed by atoms with Crippen molar-refractivity contribution < 1.29 is 9.53 Å². The summed E-state index contributed by atoms with van der Waals surface area (Å²) in [6.07, 6.45) is 1.51. The number of rotatable bonds is 4. The maximum atomic E-state index is 12.2. The number of para-hydroxylation sites is 2. The van der Waals surface area contributed by atoms with E-state index >= 15 is 0 Å². The van der Waals surface area contributed by atoms with Crippen LogP contribution in [0.2, 0.25) is 0 Å². The number of nitrogens with zero attached hydrogens (tertiary/aromatic N) is 1. The molecule has 0 spiro atoms. The van der Waals surface area contributed by atoms with Gasteiger partial charge in [0, 0.05) is 13.1 Å². The number of likely N-dealkylation sites (tertiary alicyclic amines) is 1. The molecule has 1 unspecified atom stereocenters. The minimum atomic E-state index is 0.177. The molecule has 0 aromatic heterocycles. The Hall–Kier alpha value is -1.71. The molecule has 1 aromatic carbocycles. The van der Waals surface area contributed by atoms with Crippen molar-refractivity contribution in [2.75, 3.05) is 25.4 Å². The summed E-state index contributed by atoms with van der Waals surface area (Å²) in [7, 11) is 0. The van der Waals surface area contributed by atoms with Gasteiger partial charge in [-0.2, -0.15) is 0 Å². The fraction of sp³-hybridized carbons (Fsp3) is 0.588. The van der Waals surface area contributed by atoms with E-state index in [1.165, 1.54) is 0 Å². The summed E-state index contributed by atoms with van der Waals surface area (Å²) in [5.74, 6) is 1.42. The number of carbonyl (C=O) groups is 1. The van der Waals surface area contributed by atoms with Gasteiger partial charge in [-0.05, 0) is 29.9 Å². The van der Waals surface area contributed by atoms with Crippen molar-refractivity contribution in [1.82, 2.24) is 4.90 Å². The Bertz CT molecular complexity index is 494. The summed E-state index contributed by atoms with van der Waals surface area (Å²) in [4.78, 5) is 14.2. The quantitative estimate of drug-likeness (QED) is 0.867. The van der Waals surface area contributed by atoms with E-state index < -0.39 is 0 Å². The van der Waals surface area contributed by atoms with Crippen LogP contribution in [0, 0.1) is 11.3 Å². The van der Waals surface area contributed by atoms with Gasteiger partial charge in [0.2, 0.25) is 5.91 Å². The first-order valence-electron chi connectivity index (χ1n) is 7.63. The van der Waals surface area contributed by atoms with Crippen LogP contribution >= 0.6 is 0 Å². The third kappa shape index (κ3) is 4.13. The first kappa shape index (κ1) is 15.7. The highest BCUT2D eigenvalue weighted by molar-refractivity contribution is 5.76. The average Bonchev–Trinajstić information content (AvgIpc) is 2.90. The number of nitrogen functional groups attached to an aromatic ring is 1. The first-order chi connectivity index (χ1) is 9.88. The van der Waals surface area contributed by atoms with E-state index in [2.05, 4.69) is 20.8 Å². The van der Waals surface area contributed by atoms with Crippen molar-refractivity contribution in [2.45, 2.75) is 33.6 Å². The SMILES string of the molecule is CC(C)(C)C1CCN(C(=O)CCOc2ccccc2N)C1. The van der Waals surface area contributed by atoms with Gasteiger partial charge >= 0.3 is 0 Å². The normalized spacial score (nSPS) is 18.8. The summed E-state index contributed by atoms with van der Waals surface area (Å²) in [5, 5.41) is 0. The van der Waals surface area contributed by atoms with Crippen molar-refractivity contribution in [3.63, 3.8) is 0 Å². The molecule has 0 radical (unpaired) electrons. The van der Waals surface area contributed by atoms with Gasteiger partial charge < -0.3 is 15.4 Å². The maximum absolute atomic E-state index is 12.2. The van der Waals surface area contributed by atoms with Gasteiger partial charge in [-0.3, -0.25) is 4.79 Å². The summed E-state index contributed by atoms with van der Waals surface area (Å²) < 4.78 is 5.59. The standard InChI is InChI=1S/C17H26N2O2/c1-17(2,3)13-8-10-19(12-13)16(20)9-11-21-15-7-5-4-6-14(15)18/h4-7,13H,8-12,18H2,1-3H3. The summed E-state index contributed by atoms with van der Waals surface area (Å²) in [6, 6.07) is 7.36. The summed E-state index contributed by atoms with van der Waals surface area (Å²) in [5.41, 5.74) is 6.68. The predicted octanol–water partition coefficient (Wildman–Crippen LogP) is 2.93. The number of anilines is 1. The molecule has 116 valence electrons. The first-order valence-corrected chi connectivity index (χ1v) is 7.63. The molecular formula is C17H26N2O2. The van der Waals surface area contributed by atoms with Crippen molar-refractivity contribution in [3.05, 3.63) is 24.3 Å². The minimum absolute atomic E-state index is 0.177. The lowest BCUT2D eigenvalue weighted by atomic mass is 9.80. The van der Waals surface area contributed by atoms with Gasteiger partial charge in [-0.1, -0.05) is 32.9 Å². The number of benzene rings is 1. The predicted molar refractivity (Wildman–Crippen MR) is 85.1 cm³/mol. The Labute approximate surface area is 127 Å². The largest absolute Gasteiger partial charge is 0.491 e. The van der Waals surface area contributed by atoms with Gasteiger partial charge in [0.15, 0.2) is 0 Å². The van der Waals surface area contributed by atoms with Crippen LogP contribution in [0.25, 0.3) is 0 Å². The Morgan fingerprint density at radius 3 is 2.71 bits per heavy atom. The van der Waals surface area contributed by atoms with E-state index in [0.29, 0.717) is 30.4 Å². The highest BCUT2D eigenvalue weighted by Crippen LogP contribution is 2.33. The Balaban J connectivity index is 1.77. The fourth-order valence-electron chi connectivity index (χ4n) is 2.71. The highest BCUT2D eigenvalue weighted by Gasteiger charge is 2.33. The van der Waals surface area contributed by atoms with Gasteiger partial charge in [0.05, 0.1) is 18.7 Å². The molecule has 1 heterocycles. The van der Waals surface area contributed by atoms with Crippen molar-refractivity contribution >= 4 is 11.6 Å². The zero-order valence-corrected chi connectivity index (χ0v) is 13.3. The van der Waals surface area contributed by atoms with Crippen LogP contribution in [0.4, 0.5) is 5.69 Å². The van der Waals surface area contributed by atoms with Gasteiger partial charge in [-0.15, -0.1) is 0 Å². The Kier molecular flexibility index (Phi) is 4.76. The smallest absolute Gasteiger partial charge is 0.226 e. The van der Waals surface area contributed by atoms with Crippen molar-refractivity contribution in [1.29, 1.82) is 0 Å². The minimum Gasteiger partial charge on any atom is -0.491 e. The molecule has 21 heavy (non-hydrogen) atoms. The molecule has 1 aliphatic heterocycles. The lowest BCUT2D eigenvalue weighted by Gasteiger charge is -2.27. The van der Waals surface area contributed by atoms with E-state index in [1.807, 2.05) is 23.1 Å². The molecular weight excluding hydrogens is 264 g/mol. The van der Waals surface area contributed by atoms with Crippen LogP contribution in [0.5, 0.6) is 5.75 Å². The molecule has 1 saturated heterocycles. The molecule has 0 bridgehead atoms. The van der Waals surface area contributed by atoms with E-state index in [9.17, 15) is 4.79 Å². The average molecular weight is 290 g/mol. The molecule has 1 fully saturated rings.